The summed E-state index contributed by atoms with van der Waals surface area (Å²) >= 11 is 0. The molecule has 0 amide bonds. The molecule has 0 saturated carbocycles. The molecule has 1 aliphatic rings. The van der Waals surface area contributed by atoms with Gasteiger partial charge in [0.05, 0.1) is 20.3 Å². The zero-order valence-electron chi connectivity index (χ0n) is 10.9. The number of methoxy groups -OCH3 is 1. The van der Waals surface area contributed by atoms with Gasteiger partial charge in [0.15, 0.2) is 5.69 Å². The van der Waals surface area contributed by atoms with Crippen LogP contribution >= 0.6 is 0 Å². The quantitative estimate of drug-likeness (QED) is 0.721. The molecule has 0 bridgehead atoms. The van der Waals surface area contributed by atoms with Crippen molar-refractivity contribution in [1.29, 1.82) is 0 Å². The van der Waals surface area contributed by atoms with Crippen LogP contribution in [0.2, 0.25) is 0 Å². The number of ether oxygens (including phenoxy) is 3. The van der Waals surface area contributed by atoms with E-state index >= 15 is 0 Å². The van der Waals surface area contributed by atoms with Crippen molar-refractivity contribution in [3.05, 3.63) is 17.0 Å². The molecule has 0 N–H and O–H groups in total. The molecule has 0 atom stereocenters. The summed E-state index contributed by atoms with van der Waals surface area (Å²) in [6.45, 7) is 4.50. The topological polar surface area (TPSA) is 73.2 Å². The van der Waals surface area contributed by atoms with Crippen molar-refractivity contribution in [3.63, 3.8) is 0 Å². The van der Waals surface area contributed by atoms with Crippen LogP contribution < -0.4 is 9.47 Å². The number of hydrogen-bond acceptors (Lipinski definition) is 7. The van der Waals surface area contributed by atoms with Crippen molar-refractivity contribution >= 4 is 5.69 Å². The third-order valence-electron chi connectivity index (χ3n) is 2.87. The van der Waals surface area contributed by atoms with Gasteiger partial charge in [-0.2, -0.15) is 4.98 Å². The molecule has 1 aromatic rings. The third kappa shape index (κ3) is 3.87. The summed E-state index contributed by atoms with van der Waals surface area (Å²) in [6.07, 6.45) is 0. The summed E-state index contributed by atoms with van der Waals surface area (Å²) < 4.78 is 15.8. The van der Waals surface area contributed by atoms with Crippen molar-refractivity contribution in [2.45, 2.75) is 0 Å². The highest BCUT2D eigenvalue weighted by atomic mass is 16.5. The van der Waals surface area contributed by atoms with E-state index in [1.807, 2.05) is 0 Å². The SMILES string of the molecule is COc1ccc(N=O)c(OCCN2CCOCC2)n1. The Kier molecular flexibility index (Phi) is 5.05. The van der Waals surface area contributed by atoms with Gasteiger partial charge >= 0.3 is 0 Å². The van der Waals surface area contributed by atoms with E-state index in [9.17, 15) is 4.91 Å². The first-order valence-corrected chi connectivity index (χ1v) is 6.15. The number of rotatable bonds is 6. The standard InChI is InChI=1S/C12H17N3O4/c1-17-11-3-2-10(14-16)12(13-11)19-9-6-15-4-7-18-8-5-15/h2-3H,4-9H2,1H3. The molecule has 2 heterocycles. The van der Waals surface area contributed by atoms with Crippen LogP contribution in [0.1, 0.15) is 0 Å². The highest BCUT2D eigenvalue weighted by molar-refractivity contribution is 5.48. The van der Waals surface area contributed by atoms with Crippen LogP contribution in [0.4, 0.5) is 5.69 Å². The molecule has 7 nitrogen and oxygen atoms in total. The highest BCUT2D eigenvalue weighted by Gasteiger charge is 2.12. The zero-order valence-corrected chi connectivity index (χ0v) is 10.9. The molecule has 104 valence electrons. The lowest BCUT2D eigenvalue weighted by Gasteiger charge is -2.26. The fourth-order valence-electron chi connectivity index (χ4n) is 1.80. The van der Waals surface area contributed by atoms with E-state index in [4.69, 9.17) is 14.2 Å². The second-order valence-corrected chi connectivity index (χ2v) is 4.07. The van der Waals surface area contributed by atoms with Gasteiger partial charge in [-0.05, 0) is 11.2 Å². The minimum atomic E-state index is 0.183. The molecular formula is C12H17N3O4. The van der Waals surface area contributed by atoms with E-state index in [-0.39, 0.29) is 11.6 Å². The molecule has 0 spiro atoms. The van der Waals surface area contributed by atoms with Crippen LogP contribution in [0.3, 0.4) is 0 Å². The number of nitroso groups, excluding NO2 is 1. The second kappa shape index (κ2) is 7.01. The summed E-state index contributed by atoms with van der Waals surface area (Å²) in [7, 11) is 1.51. The number of nitrogens with zero attached hydrogens (tertiary/aromatic N) is 3. The predicted molar refractivity (Wildman–Crippen MR) is 69.0 cm³/mol. The Hall–Kier alpha value is -1.73. The lowest BCUT2D eigenvalue weighted by molar-refractivity contribution is 0.0320. The molecule has 0 unspecified atom stereocenters. The van der Waals surface area contributed by atoms with E-state index in [1.165, 1.54) is 13.2 Å². The fraction of sp³-hybridized carbons (Fsp3) is 0.583. The molecular weight excluding hydrogens is 250 g/mol. The van der Waals surface area contributed by atoms with Gasteiger partial charge in [0, 0.05) is 25.7 Å². The molecule has 7 heteroatoms. The predicted octanol–water partition coefficient (Wildman–Crippen LogP) is 1.20. The minimum Gasteiger partial charge on any atom is -0.481 e. The van der Waals surface area contributed by atoms with Gasteiger partial charge in [-0.3, -0.25) is 4.90 Å². The van der Waals surface area contributed by atoms with E-state index in [1.54, 1.807) is 6.07 Å². The molecule has 0 radical (unpaired) electrons. The van der Waals surface area contributed by atoms with Gasteiger partial charge in [0.25, 0.3) is 0 Å². The Morgan fingerprint density at radius 2 is 2.21 bits per heavy atom. The molecule has 1 saturated heterocycles. The van der Waals surface area contributed by atoms with Crippen LogP contribution in [0, 0.1) is 4.91 Å². The highest BCUT2D eigenvalue weighted by Crippen LogP contribution is 2.27. The summed E-state index contributed by atoms with van der Waals surface area (Å²) in [5.41, 5.74) is 0.183. The van der Waals surface area contributed by atoms with Gasteiger partial charge in [0.2, 0.25) is 11.8 Å². The normalized spacial score (nSPS) is 16.1. The molecule has 1 aliphatic heterocycles. The molecule has 19 heavy (non-hydrogen) atoms. The van der Waals surface area contributed by atoms with Crippen LogP contribution in [0.5, 0.6) is 11.8 Å². The second-order valence-electron chi connectivity index (χ2n) is 4.07. The monoisotopic (exact) mass is 267 g/mol. The number of pyridine rings is 1. The van der Waals surface area contributed by atoms with Crippen LogP contribution in [-0.2, 0) is 4.74 Å². The fourth-order valence-corrected chi connectivity index (χ4v) is 1.80. The van der Waals surface area contributed by atoms with Crippen molar-refractivity contribution in [2.75, 3.05) is 46.6 Å². The van der Waals surface area contributed by atoms with Gasteiger partial charge in [0.1, 0.15) is 6.61 Å². The summed E-state index contributed by atoms with van der Waals surface area (Å²) in [5.74, 6) is 0.608. The van der Waals surface area contributed by atoms with E-state index in [0.717, 1.165) is 32.8 Å². The maximum atomic E-state index is 10.7. The third-order valence-corrected chi connectivity index (χ3v) is 2.87. The number of hydrogen-bond donors (Lipinski definition) is 0. The zero-order chi connectivity index (χ0) is 13.5. The van der Waals surface area contributed by atoms with Crippen LogP contribution in [0.25, 0.3) is 0 Å². The summed E-state index contributed by atoms with van der Waals surface area (Å²) in [4.78, 5) is 17.0. The first-order chi connectivity index (χ1) is 9.33. The largest absolute Gasteiger partial charge is 0.481 e. The molecule has 1 aromatic heterocycles. The van der Waals surface area contributed by atoms with Gasteiger partial charge in [-0.15, -0.1) is 4.91 Å². The smallest absolute Gasteiger partial charge is 0.246 e. The van der Waals surface area contributed by atoms with E-state index in [2.05, 4.69) is 15.1 Å². The van der Waals surface area contributed by atoms with Gasteiger partial charge in [-0.1, -0.05) is 0 Å². The van der Waals surface area contributed by atoms with Gasteiger partial charge in [-0.25, -0.2) is 0 Å². The Labute approximate surface area is 111 Å². The Balaban J connectivity index is 1.88. The lowest BCUT2D eigenvalue weighted by Crippen LogP contribution is -2.38. The van der Waals surface area contributed by atoms with E-state index < -0.39 is 0 Å². The summed E-state index contributed by atoms with van der Waals surface area (Å²) in [6, 6.07) is 3.11. The van der Waals surface area contributed by atoms with Crippen molar-refractivity contribution in [2.24, 2.45) is 5.18 Å². The molecule has 0 aromatic carbocycles. The average Bonchev–Trinajstić information content (AvgIpc) is 2.48. The molecule has 1 fully saturated rings. The summed E-state index contributed by atoms with van der Waals surface area (Å²) in [5, 5.41) is 2.88. The Morgan fingerprint density at radius 1 is 1.42 bits per heavy atom. The number of morpholine rings is 1. The van der Waals surface area contributed by atoms with Crippen molar-refractivity contribution in [1.82, 2.24) is 9.88 Å². The number of aromatic nitrogens is 1. The van der Waals surface area contributed by atoms with Crippen molar-refractivity contribution in [3.8, 4) is 11.8 Å². The Morgan fingerprint density at radius 3 is 2.89 bits per heavy atom. The maximum Gasteiger partial charge on any atom is 0.246 e. The van der Waals surface area contributed by atoms with Gasteiger partial charge < -0.3 is 14.2 Å². The van der Waals surface area contributed by atoms with E-state index in [0.29, 0.717) is 12.5 Å². The first-order valence-electron chi connectivity index (χ1n) is 6.15. The Bertz CT molecular complexity index is 421. The molecule has 2 rings (SSSR count). The molecule has 0 aliphatic carbocycles. The first kappa shape index (κ1) is 13.7. The van der Waals surface area contributed by atoms with Crippen LogP contribution in [-0.4, -0.2) is 56.4 Å². The minimum absolute atomic E-state index is 0.183. The lowest BCUT2D eigenvalue weighted by atomic mass is 10.4. The maximum absolute atomic E-state index is 10.7. The van der Waals surface area contributed by atoms with Crippen LogP contribution in [0.15, 0.2) is 17.3 Å². The average molecular weight is 267 g/mol. The van der Waals surface area contributed by atoms with Crippen molar-refractivity contribution < 1.29 is 14.2 Å².